The lowest BCUT2D eigenvalue weighted by Crippen LogP contribution is -2.51. The highest BCUT2D eigenvalue weighted by Gasteiger charge is 2.40. The van der Waals surface area contributed by atoms with Crippen LogP contribution in [0.15, 0.2) is 40.6 Å². The highest BCUT2D eigenvalue weighted by molar-refractivity contribution is 7.91. The number of hydrogen-bond acceptors (Lipinski definition) is 5. The summed E-state index contributed by atoms with van der Waals surface area (Å²) in [6.45, 7) is 3.52. The molecule has 0 radical (unpaired) electrons. The summed E-state index contributed by atoms with van der Waals surface area (Å²) in [5.41, 5.74) is 0.869. The first-order chi connectivity index (χ1) is 15.3. The van der Waals surface area contributed by atoms with Crippen molar-refractivity contribution in [1.82, 2.24) is 14.5 Å². The van der Waals surface area contributed by atoms with Crippen LogP contribution < -0.4 is 4.72 Å². The summed E-state index contributed by atoms with van der Waals surface area (Å²) >= 11 is 7.06. The maximum atomic E-state index is 12.9. The van der Waals surface area contributed by atoms with Crippen molar-refractivity contribution < 1.29 is 18.0 Å². The molecule has 0 aliphatic carbocycles. The van der Waals surface area contributed by atoms with E-state index >= 15 is 0 Å². The number of sulfonamides is 1. The number of nitrogens with zero attached hydrogens (tertiary/aromatic N) is 2. The van der Waals surface area contributed by atoms with E-state index < -0.39 is 22.1 Å². The molecule has 0 spiro atoms. The molecule has 2 amide bonds. The first-order valence-corrected chi connectivity index (χ1v) is 13.4. The highest BCUT2D eigenvalue weighted by Crippen LogP contribution is 2.32. The summed E-state index contributed by atoms with van der Waals surface area (Å²) in [6, 6.07) is 8.99. The van der Waals surface area contributed by atoms with Crippen molar-refractivity contribution in [2.75, 3.05) is 19.6 Å². The fraction of sp³-hybridized carbons (Fsp3) is 0.455. The Balaban J connectivity index is 1.42. The molecule has 7 nitrogen and oxygen atoms in total. The Morgan fingerprint density at radius 3 is 2.47 bits per heavy atom. The quantitative estimate of drug-likeness (QED) is 0.665. The maximum Gasteiger partial charge on any atom is 0.250 e. The number of amides is 2. The Morgan fingerprint density at radius 1 is 1.09 bits per heavy atom. The summed E-state index contributed by atoms with van der Waals surface area (Å²) in [5, 5.41) is 0.608. The Kier molecular flexibility index (Phi) is 6.90. The summed E-state index contributed by atoms with van der Waals surface area (Å²) in [4.78, 5) is 29.8. The zero-order chi connectivity index (χ0) is 22.9. The van der Waals surface area contributed by atoms with Gasteiger partial charge in [-0.25, -0.2) is 8.42 Å². The maximum absolute atomic E-state index is 12.9. The van der Waals surface area contributed by atoms with E-state index in [0.29, 0.717) is 18.0 Å². The molecule has 32 heavy (non-hydrogen) atoms. The molecule has 1 N–H and O–H groups in total. The molecular weight excluding hydrogens is 470 g/mol. The van der Waals surface area contributed by atoms with E-state index in [1.165, 1.54) is 11.0 Å². The number of carbonyl (C=O) groups is 2. The molecule has 0 unspecified atom stereocenters. The SMILES string of the molecule is C[C@@H](C(=O)N1CCCCC1)N1CC[C@H](NS(=O)(=O)c2ccc(-c3ccc(Cl)cc3)s2)C1=O. The molecule has 2 saturated heterocycles. The number of halogens is 1. The number of thiophene rings is 1. The van der Waals surface area contributed by atoms with Crippen LogP contribution in [0.1, 0.15) is 32.6 Å². The van der Waals surface area contributed by atoms with Gasteiger partial charge in [0.05, 0.1) is 0 Å². The van der Waals surface area contributed by atoms with Gasteiger partial charge in [-0.05, 0) is 62.4 Å². The van der Waals surface area contributed by atoms with E-state index in [1.807, 2.05) is 17.0 Å². The smallest absolute Gasteiger partial charge is 0.250 e. The van der Waals surface area contributed by atoms with Crippen molar-refractivity contribution in [2.24, 2.45) is 0 Å². The topological polar surface area (TPSA) is 86.8 Å². The van der Waals surface area contributed by atoms with Crippen LogP contribution in [0.4, 0.5) is 0 Å². The summed E-state index contributed by atoms with van der Waals surface area (Å²) in [5.74, 6) is -0.409. The van der Waals surface area contributed by atoms with Crippen LogP contribution in [0.2, 0.25) is 5.02 Å². The van der Waals surface area contributed by atoms with Crippen molar-refractivity contribution in [1.29, 1.82) is 0 Å². The van der Waals surface area contributed by atoms with Gasteiger partial charge < -0.3 is 9.80 Å². The van der Waals surface area contributed by atoms with E-state index in [0.717, 1.165) is 54.1 Å². The van der Waals surface area contributed by atoms with E-state index in [9.17, 15) is 18.0 Å². The molecule has 0 bridgehead atoms. The van der Waals surface area contributed by atoms with Gasteiger partial charge in [-0.2, -0.15) is 4.72 Å². The van der Waals surface area contributed by atoms with Crippen LogP contribution in [-0.4, -0.2) is 61.7 Å². The number of likely N-dealkylation sites (tertiary alicyclic amines) is 2. The van der Waals surface area contributed by atoms with Crippen LogP contribution in [0.25, 0.3) is 10.4 Å². The predicted molar refractivity (Wildman–Crippen MR) is 125 cm³/mol. The minimum Gasteiger partial charge on any atom is -0.341 e. The standard InChI is InChI=1S/C22H26ClN3O4S2/c1-15(21(27)25-12-3-2-4-13-25)26-14-11-18(22(26)28)24-32(29,30)20-10-9-19(31-20)16-5-7-17(23)8-6-16/h5-10,15,18,24H,2-4,11-14H2,1H3/t15-,18-/m0/s1. The van der Waals surface area contributed by atoms with E-state index in [4.69, 9.17) is 11.6 Å². The third-order valence-corrected chi connectivity index (χ3v) is 9.35. The van der Waals surface area contributed by atoms with Gasteiger partial charge >= 0.3 is 0 Å². The second-order valence-electron chi connectivity index (χ2n) is 8.18. The largest absolute Gasteiger partial charge is 0.341 e. The third kappa shape index (κ3) is 4.85. The fourth-order valence-corrected chi connectivity index (χ4v) is 6.86. The lowest BCUT2D eigenvalue weighted by Gasteiger charge is -2.32. The van der Waals surface area contributed by atoms with Crippen LogP contribution >= 0.6 is 22.9 Å². The first kappa shape index (κ1) is 23.2. The Hall–Kier alpha value is -1.94. The van der Waals surface area contributed by atoms with Gasteiger partial charge in [-0.3, -0.25) is 9.59 Å². The van der Waals surface area contributed by atoms with E-state index in [2.05, 4.69) is 4.72 Å². The normalized spacial score (nSPS) is 20.6. The Labute approximate surface area is 197 Å². The van der Waals surface area contributed by atoms with Crippen LogP contribution in [0.3, 0.4) is 0 Å². The molecule has 172 valence electrons. The minimum absolute atomic E-state index is 0.0626. The van der Waals surface area contributed by atoms with Gasteiger partial charge in [-0.1, -0.05) is 23.7 Å². The monoisotopic (exact) mass is 495 g/mol. The Bertz CT molecular complexity index is 1090. The number of hydrogen-bond donors (Lipinski definition) is 1. The lowest BCUT2D eigenvalue weighted by atomic mass is 10.1. The van der Waals surface area contributed by atoms with Crippen molar-refractivity contribution in [3.8, 4) is 10.4 Å². The molecule has 1 aromatic carbocycles. The second-order valence-corrected chi connectivity index (χ2v) is 11.6. The van der Waals surface area contributed by atoms with Crippen molar-refractivity contribution >= 4 is 44.8 Å². The summed E-state index contributed by atoms with van der Waals surface area (Å²) in [6.07, 6.45) is 3.42. The summed E-state index contributed by atoms with van der Waals surface area (Å²) < 4.78 is 28.5. The number of rotatable bonds is 6. The zero-order valence-corrected chi connectivity index (χ0v) is 20.2. The zero-order valence-electron chi connectivity index (χ0n) is 17.8. The molecule has 3 heterocycles. The van der Waals surface area contributed by atoms with E-state index in [1.54, 1.807) is 25.1 Å². The average molecular weight is 496 g/mol. The van der Waals surface area contributed by atoms with Gasteiger partial charge in [0.25, 0.3) is 10.0 Å². The van der Waals surface area contributed by atoms with Crippen molar-refractivity contribution in [3.63, 3.8) is 0 Å². The van der Waals surface area contributed by atoms with Gasteiger partial charge in [-0.15, -0.1) is 11.3 Å². The van der Waals surface area contributed by atoms with Gasteiger partial charge in [0.2, 0.25) is 11.8 Å². The number of benzene rings is 1. The minimum atomic E-state index is -3.86. The fourth-order valence-electron chi connectivity index (χ4n) is 4.19. The molecule has 2 fully saturated rings. The van der Waals surface area contributed by atoms with Gasteiger partial charge in [0.15, 0.2) is 0 Å². The molecule has 10 heteroatoms. The third-order valence-electron chi connectivity index (χ3n) is 6.00. The van der Waals surface area contributed by atoms with Crippen molar-refractivity contribution in [3.05, 3.63) is 41.4 Å². The molecule has 2 aromatic rings. The number of piperidine rings is 1. The van der Waals surface area contributed by atoms with Gasteiger partial charge in [0.1, 0.15) is 16.3 Å². The van der Waals surface area contributed by atoms with E-state index in [-0.39, 0.29) is 16.0 Å². The van der Waals surface area contributed by atoms with Gasteiger partial charge in [0, 0.05) is 29.5 Å². The molecule has 2 aliphatic heterocycles. The highest BCUT2D eigenvalue weighted by atomic mass is 35.5. The number of carbonyl (C=O) groups excluding carboxylic acids is 2. The van der Waals surface area contributed by atoms with Crippen molar-refractivity contribution in [2.45, 2.75) is 48.9 Å². The average Bonchev–Trinajstić information content (AvgIpc) is 3.42. The molecule has 2 aliphatic rings. The van der Waals surface area contributed by atoms with Crippen LogP contribution in [0, 0.1) is 0 Å². The molecule has 4 rings (SSSR count). The molecule has 1 aromatic heterocycles. The first-order valence-electron chi connectivity index (χ1n) is 10.7. The second kappa shape index (κ2) is 9.51. The molecule has 2 atom stereocenters. The summed E-state index contributed by atoms with van der Waals surface area (Å²) in [7, 11) is -3.86. The van der Waals surface area contributed by atoms with Crippen LogP contribution in [0.5, 0.6) is 0 Å². The number of nitrogens with one attached hydrogen (secondary N) is 1. The lowest BCUT2D eigenvalue weighted by molar-refractivity contribution is -0.143. The Morgan fingerprint density at radius 2 is 1.78 bits per heavy atom. The predicted octanol–water partition coefficient (Wildman–Crippen LogP) is 3.35. The molecular formula is C22H26ClN3O4S2. The molecule has 0 saturated carbocycles. The van der Waals surface area contributed by atoms with Crippen LogP contribution in [-0.2, 0) is 19.6 Å².